The number of rotatable bonds is 5. The van der Waals surface area contributed by atoms with Crippen LogP contribution in [0.2, 0.25) is 0 Å². The van der Waals surface area contributed by atoms with E-state index in [2.05, 4.69) is 5.32 Å². The molecule has 0 spiro atoms. The Kier molecular flexibility index (Phi) is 5.34. The molecule has 168 valence electrons. The first-order chi connectivity index (χ1) is 16.0. The Labute approximate surface area is 189 Å². The maximum absolute atomic E-state index is 13.0. The van der Waals surface area contributed by atoms with Gasteiger partial charge in [0.15, 0.2) is 0 Å². The molecule has 0 unspecified atom stereocenters. The second-order valence-corrected chi connectivity index (χ2v) is 8.14. The van der Waals surface area contributed by atoms with Crippen molar-refractivity contribution in [2.24, 2.45) is 5.92 Å². The summed E-state index contributed by atoms with van der Waals surface area (Å²) in [7, 11) is 1.57. The molecule has 0 radical (unpaired) electrons. The first-order valence-electron chi connectivity index (χ1n) is 10.8. The van der Waals surface area contributed by atoms with E-state index in [9.17, 15) is 14.9 Å². The first kappa shape index (κ1) is 20.8. The summed E-state index contributed by atoms with van der Waals surface area (Å²) in [6, 6.07) is 18.2. The number of carbonyl (C=O) groups is 1. The molecule has 1 amide bonds. The van der Waals surface area contributed by atoms with Gasteiger partial charge >= 0.3 is 0 Å². The van der Waals surface area contributed by atoms with Crippen LogP contribution >= 0.6 is 0 Å². The Morgan fingerprint density at radius 3 is 2.55 bits per heavy atom. The standard InChI is InChI=1S/C25H23N3O5/c1-32-24-14-18-17-6-2-5-9-22(17)33-23(18)15-19(24)26-25(29)16-10-12-27(13-11-16)20-7-3-4-8-21(20)28(30)31/h2-9,14-16H,10-13H2,1H3,(H,26,29). The third-order valence-corrected chi connectivity index (χ3v) is 6.24. The van der Waals surface area contributed by atoms with Gasteiger partial charge in [0.25, 0.3) is 5.69 Å². The second kappa shape index (κ2) is 8.46. The molecule has 0 aliphatic carbocycles. The highest BCUT2D eigenvalue weighted by Crippen LogP contribution is 2.37. The molecular weight excluding hydrogens is 422 g/mol. The number of anilines is 2. The summed E-state index contributed by atoms with van der Waals surface area (Å²) in [6.07, 6.45) is 1.21. The number of amides is 1. The third-order valence-electron chi connectivity index (χ3n) is 6.24. The first-order valence-corrected chi connectivity index (χ1v) is 10.8. The van der Waals surface area contributed by atoms with Crippen molar-refractivity contribution in [3.05, 3.63) is 70.8 Å². The lowest BCUT2D eigenvalue weighted by Gasteiger charge is -2.32. The number of piperidine rings is 1. The molecule has 1 N–H and O–H groups in total. The van der Waals surface area contributed by atoms with Gasteiger partial charge in [0.2, 0.25) is 5.91 Å². The Morgan fingerprint density at radius 2 is 1.79 bits per heavy atom. The average Bonchev–Trinajstić information content (AvgIpc) is 3.21. The number of benzene rings is 3. The molecule has 33 heavy (non-hydrogen) atoms. The van der Waals surface area contributed by atoms with E-state index in [0.29, 0.717) is 48.6 Å². The average molecular weight is 445 g/mol. The summed E-state index contributed by atoms with van der Waals surface area (Å²) in [5.74, 6) is 0.283. The monoisotopic (exact) mass is 445 g/mol. The second-order valence-electron chi connectivity index (χ2n) is 8.14. The largest absolute Gasteiger partial charge is 0.495 e. The summed E-state index contributed by atoms with van der Waals surface area (Å²) >= 11 is 0. The van der Waals surface area contributed by atoms with Crippen LogP contribution in [-0.2, 0) is 4.79 Å². The van der Waals surface area contributed by atoms with E-state index in [1.54, 1.807) is 31.4 Å². The Hall–Kier alpha value is -4.07. The third kappa shape index (κ3) is 3.84. The molecule has 1 fully saturated rings. The van der Waals surface area contributed by atoms with E-state index in [4.69, 9.17) is 9.15 Å². The molecule has 0 bridgehead atoms. The highest BCUT2D eigenvalue weighted by molar-refractivity contribution is 6.07. The van der Waals surface area contributed by atoms with Crippen LogP contribution in [-0.4, -0.2) is 31.0 Å². The molecule has 0 atom stereocenters. The van der Waals surface area contributed by atoms with Gasteiger partial charge in [0.05, 0.1) is 17.7 Å². The van der Waals surface area contributed by atoms with Crippen molar-refractivity contribution < 1.29 is 18.9 Å². The van der Waals surface area contributed by atoms with E-state index in [-0.39, 0.29) is 22.4 Å². The lowest BCUT2D eigenvalue weighted by Crippen LogP contribution is -2.38. The minimum Gasteiger partial charge on any atom is -0.495 e. The number of para-hydroxylation sites is 3. The van der Waals surface area contributed by atoms with Crippen LogP contribution in [0.5, 0.6) is 5.75 Å². The SMILES string of the molecule is COc1cc2c(cc1NC(=O)C1CCN(c3ccccc3[N+](=O)[O-])CC1)oc1ccccc12. The summed E-state index contributed by atoms with van der Waals surface area (Å²) in [6.45, 7) is 1.14. The predicted octanol–water partition coefficient (Wildman–Crippen LogP) is 5.36. The fraction of sp³-hybridized carbons (Fsp3) is 0.240. The number of hydrogen-bond donors (Lipinski definition) is 1. The molecule has 1 aliphatic heterocycles. The molecule has 1 aromatic heterocycles. The number of furan rings is 1. The van der Waals surface area contributed by atoms with Gasteiger partial charge in [0.1, 0.15) is 22.6 Å². The van der Waals surface area contributed by atoms with Crippen LogP contribution in [0, 0.1) is 16.0 Å². The lowest BCUT2D eigenvalue weighted by molar-refractivity contribution is -0.384. The molecular formula is C25H23N3O5. The minimum atomic E-state index is -0.366. The quantitative estimate of drug-likeness (QED) is 0.328. The van der Waals surface area contributed by atoms with Gasteiger partial charge < -0.3 is 19.4 Å². The van der Waals surface area contributed by atoms with Crippen molar-refractivity contribution in [3.8, 4) is 5.75 Å². The van der Waals surface area contributed by atoms with Gasteiger partial charge in [-0.25, -0.2) is 0 Å². The van der Waals surface area contributed by atoms with E-state index < -0.39 is 0 Å². The zero-order chi connectivity index (χ0) is 22.9. The van der Waals surface area contributed by atoms with E-state index in [0.717, 1.165) is 16.4 Å². The zero-order valence-electron chi connectivity index (χ0n) is 18.1. The van der Waals surface area contributed by atoms with Crippen molar-refractivity contribution in [1.29, 1.82) is 0 Å². The minimum absolute atomic E-state index is 0.0873. The van der Waals surface area contributed by atoms with Crippen LogP contribution in [0.4, 0.5) is 17.1 Å². The van der Waals surface area contributed by atoms with Crippen LogP contribution in [0.1, 0.15) is 12.8 Å². The topological polar surface area (TPSA) is 97.8 Å². The number of ether oxygens (including phenoxy) is 1. The molecule has 3 aromatic carbocycles. The van der Waals surface area contributed by atoms with Crippen LogP contribution in [0.25, 0.3) is 21.9 Å². The van der Waals surface area contributed by atoms with Crippen molar-refractivity contribution in [1.82, 2.24) is 0 Å². The van der Waals surface area contributed by atoms with Crippen LogP contribution < -0.4 is 15.0 Å². The Bertz CT molecular complexity index is 1350. The van der Waals surface area contributed by atoms with Crippen LogP contribution in [0.3, 0.4) is 0 Å². The number of methoxy groups -OCH3 is 1. The summed E-state index contributed by atoms with van der Waals surface area (Å²) < 4.78 is 11.5. The number of hydrogen-bond acceptors (Lipinski definition) is 6. The Morgan fingerprint density at radius 1 is 1.06 bits per heavy atom. The Balaban J connectivity index is 1.32. The normalized spacial score (nSPS) is 14.5. The number of nitro benzene ring substituents is 1. The highest BCUT2D eigenvalue weighted by Gasteiger charge is 2.28. The molecule has 1 saturated heterocycles. The maximum Gasteiger partial charge on any atom is 0.292 e. The number of nitrogens with zero attached hydrogens (tertiary/aromatic N) is 2. The summed E-state index contributed by atoms with van der Waals surface area (Å²) in [5.41, 5.74) is 2.71. The van der Waals surface area contributed by atoms with Crippen molar-refractivity contribution in [3.63, 3.8) is 0 Å². The maximum atomic E-state index is 13.0. The lowest BCUT2D eigenvalue weighted by atomic mass is 9.95. The van der Waals surface area contributed by atoms with Gasteiger partial charge in [0, 0.05) is 41.9 Å². The zero-order valence-corrected chi connectivity index (χ0v) is 18.1. The summed E-state index contributed by atoms with van der Waals surface area (Å²) in [5, 5.41) is 16.3. The van der Waals surface area contributed by atoms with Gasteiger partial charge in [-0.1, -0.05) is 30.3 Å². The highest BCUT2D eigenvalue weighted by atomic mass is 16.6. The molecule has 2 heterocycles. The van der Waals surface area contributed by atoms with Crippen molar-refractivity contribution in [2.45, 2.75) is 12.8 Å². The van der Waals surface area contributed by atoms with Gasteiger partial charge in [-0.05, 0) is 31.0 Å². The van der Waals surface area contributed by atoms with Gasteiger partial charge in [-0.15, -0.1) is 0 Å². The van der Waals surface area contributed by atoms with Crippen molar-refractivity contribution in [2.75, 3.05) is 30.4 Å². The molecule has 4 aromatic rings. The molecule has 5 rings (SSSR count). The fourth-order valence-electron chi connectivity index (χ4n) is 4.52. The van der Waals surface area contributed by atoms with Crippen molar-refractivity contribution >= 4 is 44.9 Å². The number of carbonyl (C=O) groups excluding carboxylic acids is 1. The van der Waals surface area contributed by atoms with Gasteiger partial charge in [-0.2, -0.15) is 0 Å². The smallest absolute Gasteiger partial charge is 0.292 e. The van der Waals surface area contributed by atoms with Gasteiger partial charge in [-0.3, -0.25) is 14.9 Å². The van der Waals surface area contributed by atoms with E-state index >= 15 is 0 Å². The van der Waals surface area contributed by atoms with E-state index in [1.807, 2.05) is 35.2 Å². The number of nitrogens with one attached hydrogen (secondary N) is 1. The predicted molar refractivity (Wildman–Crippen MR) is 127 cm³/mol. The van der Waals surface area contributed by atoms with Crippen LogP contribution in [0.15, 0.2) is 65.1 Å². The molecule has 8 heteroatoms. The van der Waals surface area contributed by atoms with E-state index in [1.165, 1.54) is 6.07 Å². The number of nitro groups is 1. The summed E-state index contributed by atoms with van der Waals surface area (Å²) in [4.78, 5) is 26.0. The fourth-order valence-corrected chi connectivity index (χ4v) is 4.52. The molecule has 0 saturated carbocycles. The molecule has 1 aliphatic rings. The molecule has 8 nitrogen and oxygen atoms in total. The number of fused-ring (bicyclic) bond motifs is 3.